The van der Waals surface area contributed by atoms with Gasteiger partial charge < -0.3 is 16.0 Å². The first-order valence-corrected chi connectivity index (χ1v) is 7.46. The second-order valence-corrected chi connectivity index (χ2v) is 5.55. The van der Waals surface area contributed by atoms with Gasteiger partial charge in [-0.05, 0) is 18.1 Å². The lowest BCUT2D eigenvalue weighted by atomic mass is 10.1. The zero-order valence-electron chi connectivity index (χ0n) is 12.8. The maximum absolute atomic E-state index is 12.3. The molecule has 0 saturated heterocycles. The van der Waals surface area contributed by atoms with Crippen LogP contribution in [-0.2, 0) is 11.2 Å². The van der Waals surface area contributed by atoms with Gasteiger partial charge in [0, 0.05) is 19.0 Å². The monoisotopic (exact) mass is 310 g/mol. The molecule has 2 aromatic rings. The van der Waals surface area contributed by atoms with Crippen LogP contribution in [0, 0.1) is 5.92 Å². The van der Waals surface area contributed by atoms with Crippen molar-refractivity contribution in [3.05, 3.63) is 63.7 Å². The number of hydrogen-bond donors (Lipinski definition) is 3. The van der Waals surface area contributed by atoms with Crippen LogP contribution < -0.4 is 16.6 Å². The second kappa shape index (κ2) is 6.08. The van der Waals surface area contributed by atoms with Crippen LogP contribution in [0.2, 0.25) is 0 Å². The van der Waals surface area contributed by atoms with Crippen molar-refractivity contribution in [2.45, 2.75) is 13.3 Å². The molecule has 6 heteroatoms. The lowest BCUT2D eigenvalue weighted by molar-refractivity contribution is -0.121. The van der Waals surface area contributed by atoms with Gasteiger partial charge in [-0.15, -0.1) is 0 Å². The molecule has 0 radical (unpaired) electrons. The van der Waals surface area contributed by atoms with Crippen LogP contribution in [0.25, 0.3) is 5.57 Å². The van der Waals surface area contributed by atoms with Crippen molar-refractivity contribution in [2.24, 2.45) is 5.92 Å². The van der Waals surface area contributed by atoms with Crippen LogP contribution in [0.5, 0.6) is 0 Å². The van der Waals surface area contributed by atoms with Crippen molar-refractivity contribution in [2.75, 3.05) is 12.3 Å². The van der Waals surface area contributed by atoms with E-state index < -0.39 is 0 Å². The van der Waals surface area contributed by atoms with E-state index in [0.29, 0.717) is 18.8 Å². The first kappa shape index (κ1) is 15.0. The Bertz CT molecular complexity index is 824. The number of benzene rings is 1. The van der Waals surface area contributed by atoms with Crippen molar-refractivity contribution in [3.8, 4) is 0 Å². The number of rotatable bonds is 5. The molecule has 3 rings (SSSR count). The first-order chi connectivity index (χ1) is 11.1. The number of aromatic nitrogens is 2. The Kier molecular flexibility index (Phi) is 3.97. The highest BCUT2D eigenvalue weighted by Crippen LogP contribution is 2.46. The Morgan fingerprint density at radius 3 is 2.78 bits per heavy atom. The van der Waals surface area contributed by atoms with Crippen LogP contribution in [0.1, 0.15) is 18.3 Å². The third-order valence-corrected chi connectivity index (χ3v) is 3.88. The normalized spacial score (nSPS) is 16.3. The number of carbonyl (C=O) groups excluding carboxylic acids is 1. The first-order valence-electron chi connectivity index (χ1n) is 7.46. The number of amides is 1. The summed E-state index contributed by atoms with van der Waals surface area (Å²) in [4.78, 5) is 30.2. The van der Waals surface area contributed by atoms with Gasteiger partial charge >= 0.3 is 0 Å². The summed E-state index contributed by atoms with van der Waals surface area (Å²) < 4.78 is 0. The SMILES string of the molecule is CC1=C(c2ccccc2)[C@@H]1C(=O)NCCc1nc(N)cc(=O)[nH]1. The molecule has 0 fully saturated rings. The molecule has 23 heavy (non-hydrogen) atoms. The molecule has 1 aliphatic carbocycles. The zero-order valence-corrected chi connectivity index (χ0v) is 12.8. The van der Waals surface area contributed by atoms with Gasteiger partial charge in [-0.25, -0.2) is 4.98 Å². The number of nitrogen functional groups attached to an aromatic ring is 1. The third kappa shape index (κ3) is 3.31. The lowest BCUT2D eigenvalue weighted by Gasteiger charge is -2.06. The molecule has 1 atom stereocenters. The summed E-state index contributed by atoms with van der Waals surface area (Å²) in [5.74, 6) is 0.484. The quantitative estimate of drug-likeness (QED) is 0.770. The van der Waals surface area contributed by atoms with Crippen LogP contribution >= 0.6 is 0 Å². The van der Waals surface area contributed by atoms with Gasteiger partial charge in [0.25, 0.3) is 5.56 Å². The maximum atomic E-state index is 12.3. The van der Waals surface area contributed by atoms with Crippen LogP contribution in [0.4, 0.5) is 5.82 Å². The van der Waals surface area contributed by atoms with E-state index in [1.165, 1.54) is 6.07 Å². The second-order valence-electron chi connectivity index (χ2n) is 5.55. The molecule has 118 valence electrons. The predicted molar refractivity (Wildman–Crippen MR) is 88.5 cm³/mol. The number of nitrogens with zero attached hydrogens (tertiary/aromatic N) is 1. The highest BCUT2D eigenvalue weighted by atomic mass is 16.2. The van der Waals surface area contributed by atoms with E-state index in [1.807, 2.05) is 37.3 Å². The average molecular weight is 310 g/mol. The van der Waals surface area contributed by atoms with Crippen molar-refractivity contribution < 1.29 is 4.79 Å². The molecule has 1 aromatic carbocycles. The van der Waals surface area contributed by atoms with Crippen molar-refractivity contribution >= 4 is 17.3 Å². The summed E-state index contributed by atoms with van der Waals surface area (Å²) in [6.07, 6.45) is 0.429. The summed E-state index contributed by atoms with van der Waals surface area (Å²) in [5, 5.41) is 2.88. The van der Waals surface area contributed by atoms with Gasteiger partial charge in [-0.2, -0.15) is 0 Å². The molecule has 4 N–H and O–H groups in total. The largest absolute Gasteiger partial charge is 0.383 e. The number of hydrogen-bond acceptors (Lipinski definition) is 4. The Hall–Kier alpha value is -2.89. The van der Waals surface area contributed by atoms with Gasteiger partial charge in [-0.1, -0.05) is 35.9 Å². The van der Waals surface area contributed by atoms with E-state index in [4.69, 9.17) is 5.73 Å². The minimum atomic E-state index is -0.287. The van der Waals surface area contributed by atoms with Crippen LogP contribution in [0.15, 0.2) is 46.8 Å². The topological polar surface area (TPSA) is 101 Å². The summed E-state index contributed by atoms with van der Waals surface area (Å²) in [7, 11) is 0. The molecule has 0 unspecified atom stereocenters. The highest BCUT2D eigenvalue weighted by molar-refractivity contribution is 6.05. The van der Waals surface area contributed by atoms with Gasteiger partial charge in [0.1, 0.15) is 11.6 Å². The Morgan fingerprint density at radius 2 is 2.09 bits per heavy atom. The van der Waals surface area contributed by atoms with Crippen molar-refractivity contribution in [1.82, 2.24) is 15.3 Å². The van der Waals surface area contributed by atoms with E-state index in [0.717, 1.165) is 16.7 Å². The number of carbonyl (C=O) groups is 1. The molecule has 0 saturated carbocycles. The molecule has 0 spiro atoms. The van der Waals surface area contributed by atoms with Crippen molar-refractivity contribution in [3.63, 3.8) is 0 Å². The fraction of sp³-hybridized carbons (Fsp3) is 0.235. The molecule has 1 heterocycles. The average Bonchev–Trinajstić information content (AvgIpc) is 3.18. The minimum Gasteiger partial charge on any atom is -0.383 e. The molecular weight excluding hydrogens is 292 g/mol. The Morgan fingerprint density at radius 1 is 1.35 bits per heavy atom. The van der Waals surface area contributed by atoms with E-state index in [9.17, 15) is 9.59 Å². The summed E-state index contributed by atoms with van der Waals surface area (Å²) in [5.41, 5.74) is 8.52. The number of nitrogens with one attached hydrogen (secondary N) is 2. The minimum absolute atomic E-state index is 0.0207. The molecule has 1 amide bonds. The van der Waals surface area contributed by atoms with E-state index >= 15 is 0 Å². The van der Waals surface area contributed by atoms with E-state index in [2.05, 4.69) is 15.3 Å². The predicted octanol–water partition coefficient (Wildman–Crippen LogP) is 1.11. The van der Waals surface area contributed by atoms with Gasteiger partial charge in [0.2, 0.25) is 5.91 Å². The summed E-state index contributed by atoms with van der Waals surface area (Å²) in [6.45, 7) is 2.38. The lowest BCUT2D eigenvalue weighted by Crippen LogP contribution is -2.29. The smallest absolute Gasteiger partial charge is 0.252 e. The number of H-pyrrole nitrogens is 1. The van der Waals surface area contributed by atoms with Crippen LogP contribution in [-0.4, -0.2) is 22.4 Å². The standard InChI is InChI=1S/C17H18N4O2/c1-10-15(11-5-3-2-4-6-11)16(10)17(23)19-8-7-13-20-12(18)9-14(22)21-13/h2-6,9,16H,7-8H2,1H3,(H,19,23)(H3,18,20,21,22)/t16-/m1/s1. The maximum Gasteiger partial charge on any atom is 0.252 e. The van der Waals surface area contributed by atoms with Gasteiger partial charge in [0.15, 0.2) is 0 Å². The molecule has 0 aliphatic heterocycles. The fourth-order valence-electron chi connectivity index (χ4n) is 2.72. The number of nitrogens with two attached hydrogens (primary N) is 1. The van der Waals surface area contributed by atoms with Crippen LogP contribution in [0.3, 0.4) is 0 Å². The molecule has 6 nitrogen and oxygen atoms in total. The number of anilines is 1. The van der Waals surface area contributed by atoms with Gasteiger partial charge in [0.05, 0.1) is 5.92 Å². The van der Waals surface area contributed by atoms with E-state index in [-0.39, 0.29) is 23.2 Å². The molecule has 1 aliphatic rings. The molecule has 1 aromatic heterocycles. The molecular formula is C17H18N4O2. The molecule has 0 bridgehead atoms. The summed E-state index contributed by atoms with van der Waals surface area (Å²) >= 11 is 0. The Balaban J connectivity index is 1.54. The van der Waals surface area contributed by atoms with Gasteiger partial charge in [-0.3, -0.25) is 9.59 Å². The van der Waals surface area contributed by atoms with Crippen molar-refractivity contribution in [1.29, 1.82) is 0 Å². The fourth-order valence-corrected chi connectivity index (χ4v) is 2.72. The van der Waals surface area contributed by atoms with E-state index in [1.54, 1.807) is 0 Å². The number of aromatic amines is 1. The highest BCUT2D eigenvalue weighted by Gasteiger charge is 2.39. The Labute approximate surface area is 133 Å². The third-order valence-electron chi connectivity index (χ3n) is 3.88. The summed E-state index contributed by atoms with van der Waals surface area (Å²) in [6, 6.07) is 11.1. The zero-order chi connectivity index (χ0) is 16.4.